The number of morpholine rings is 1. The number of carbonyl (C=O) groups excluding carboxylic acids is 1. The van der Waals surface area contributed by atoms with Crippen molar-refractivity contribution in [2.45, 2.75) is 31.0 Å². The van der Waals surface area contributed by atoms with E-state index in [4.69, 9.17) is 16.3 Å². The molecule has 3 rings (SSSR count). The average Bonchev–Trinajstić information content (AvgIpc) is 2.62. The number of amides is 1. The van der Waals surface area contributed by atoms with Crippen LogP contribution in [-0.2, 0) is 14.8 Å². The molecule has 1 saturated heterocycles. The first-order valence-electron chi connectivity index (χ1n) is 8.58. The lowest BCUT2D eigenvalue weighted by Crippen LogP contribution is -2.48. The van der Waals surface area contributed by atoms with Crippen molar-refractivity contribution in [1.82, 2.24) is 4.90 Å². The van der Waals surface area contributed by atoms with Gasteiger partial charge in [-0.1, -0.05) is 29.8 Å². The molecule has 0 spiro atoms. The van der Waals surface area contributed by atoms with E-state index in [0.29, 0.717) is 23.7 Å². The van der Waals surface area contributed by atoms with Gasteiger partial charge in [0.25, 0.3) is 15.9 Å². The maximum atomic E-state index is 12.8. The number of hydrogen-bond acceptors (Lipinski definition) is 4. The predicted molar refractivity (Wildman–Crippen MR) is 105 cm³/mol. The van der Waals surface area contributed by atoms with Crippen LogP contribution in [0.4, 0.5) is 5.69 Å². The highest BCUT2D eigenvalue weighted by Crippen LogP contribution is 2.24. The Morgan fingerprint density at radius 1 is 1.11 bits per heavy atom. The zero-order valence-electron chi connectivity index (χ0n) is 15.1. The highest BCUT2D eigenvalue weighted by atomic mass is 35.5. The molecule has 144 valence electrons. The molecule has 0 bridgehead atoms. The molecule has 1 aliphatic rings. The van der Waals surface area contributed by atoms with E-state index in [0.717, 1.165) is 0 Å². The van der Waals surface area contributed by atoms with Crippen LogP contribution < -0.4 is 4.72 Å². The minimum atomic E-state index is -3.87. The Balaban J connectivity index is 1.84. The smallest absolute Gasteiger partial charge is 0.261 e. The molecule has 27 heavy (non-hydrogen) atoms. The lowest BCUT2D eigenvalue weighted by Gasteiger charge is -2.35. The number of sulfonamides is 1. The average molecular weight is 409 g/mol. The summed E-state index contributed by atoms with van der Waals surface area (Å²) in [5.41, 5.74) is 0.602. The number of nitrogens with one attached hydrogen (secondary N) is 1. The Morgan fingerprint density at radius 2 is 1.78 bits per heavy atom. The van der Waals surface area contributed by atoms with Crippen molar-refractivity contribution in [3.05, 3.63) is 59.1 Å². The minimum absolute atomic E-state index is 0.00243. The number of ether oxygens (including phenoxy) is 1. The van der Waals surface area contributed by atoms with Crippen LogP contribution in [0.1, 0.15) is 24.2 Å². The Kier molecular flexibility index (Phi) is 5.74. The second kappa shape index (κ2) is 7.88. The molecule has 0 unspecified atom stereocenters. The van der Waals surface area contributed by atoms with Gasteiger partial charge in [-0.3, -0.25) is 9.52 Å². The summed E-state index contributed by atoms with van der Waals surface area (Å²) in [5.74, 6) is -0.216. The molecule has 1 aliphatic heterocycles. The van der Waals surface area contributed by atoms with Crippen LogP contribution >= 0.6 is 11.6 Å². The first-order chi connectivity index (χ1) is 12.8. The minimum Gasteiger partial charge on any atom is -0.372 e. The number of benzene rings is 2. The van der Waals surface area contributed by atoms with Crippen molar-refractivity contribution < 1.29 is 17.9 Å². The summed E-state index contributed by atoms with van der Waals surface area (Å²) < 4.78 is 33.5. The molecule has 1 N–H and O–H groups in total. The molecule has 1 heterocycles. The van der Waals surface area contributed by atoms with Crippen LogP contribution in [0.2, 0.25) is 5.02 Å². The van der Waals surface area contributed by atoms with Crippen molar-refractivity contribution in [3.8, 4) is 0 Å². The number of carbonyl (C=O) groups is 1. The first kappa shape index (κ1) is 19.7. The van der Waals surface area contributed by atoms with Gasteiger partial charge in [-0.25, -0.2) is 8.42 Å². The van der Waals surface area contributed by atoms with Gasteiger partial charge in [0, 0.05) is 18.7 Å². The van der Waals surface area contributed by atoms with E-state index in [1.54, 1.807) is 41.3 Å². The van der Waals surface area contributed by atoms with Gasteiger partial charge in [0.15, 0.2) is 0 Å². The number of hydrogen-bond donors (Lipinski definition) is 1. The van der Waals surface area contributed by atoms with E-state index < -0.39 is 10.0 Å². The van der Waals surface area contributed by atoms with Gasteiger partial charge in [0.05, 0.1) is 27.8 Å². The molecule has 1 fully saturated rings. The number of halogens is 1. The van der Waals surface area contributed by atoms with E-state index >= 15 is 0 Å². The molecule has 0 saturated carbocycles. The summed E-state index contributed by atoms with van der Waals surface area (Å²) in [6.45, 7) is 4.75. The van der Waals surface area contributed by atoms with E-state index in [1.807, 2.05) is 13.8 Å². The normalized spacial score (nSPS) is 20.3. The monoisotopic (exact) mass is 408 g/mol. The fourth-order valence-electron chi connectivity index (χ4n) is 3.07. The number of anilines is 1. The SMILES string of the molecule is C[C@@H]1CN(C(=O)c2cccc(S(=O)(=O)Nc3ccccc3Cl)c2)C[C@@H](C)O1. The van der Waals surface area contributed by atoms with Crippen molar-refractivity contribution in [1.29, 1.82) is 0 Å². The second-order valence-corrected chi connectivity index (χ2v) is 8.67. The van der Waals surface area contributed by atoms with E-state index in [2.05, 4.69) is 4.72 Å². The van der Waals surface area contributed by atoms with Gasteiger partial charge in [-0.05, 0) is 44.2 Å². The number of rotatable bonds is 4. The largest absolute Gasteiger partial charge is 0.372 e. The molecular formula is C19H21ClN2O4S. The van der Waals surface area contributed by atoms with E-state index in [-0.39, 0.29) is 28.7 Å². The summed E-state index contributed by atoms with van der Waals surface area (Å²) >= 11 is 6.03. The van der Waals surface area contributed by atoms with Crippen molar-refractivity contribution in [2.24, 2.45) is 0 Å². The van der Waals surface area contributed by atoms with Crippen LogP contribution in [0.3, 0.4) is 0 Å². The lowest BCUT2D eigenvalue weighted by atomic mass is 10.1. The maximum Gasteiger partial charge on any atom is 0.261 e. The molecule has 2 atom stereocenters. The topological polar surface area (TPSA) is 75.7 Å². The summed E-state index contributed by atoms with van der Waals surface area (Å²) in [7, 11) is -3.87. The van der Waals surface area contributed by atoms with Gasteiger partial charge < -0.3 is 9.64 Å². The fourth-order valence-corrected chi connectivity index (χ4v) is 4.43. The van der Waals surface area contributed by atoms with Crippen LogP contribution in [0.15, 0.2) is 53.4 Å². The van der Waals surface area contributed by atoms with Gasteiger partial charge in [-0.2, -0.15) is 0 Å². The molecule has 0 aromatic heterocycles. The maximum absolute atomic E-state index is 12.8. The molecular weight excluding hydrogens is 388 g/mol. The van der Waals surface area contributed by atoms with Gasteiger partial charge in [0.1, 0.15) is 0 Å². The quantitative estimate of drug-likeness (QED) is 0.841. The third kappa shape index (κ3) is 4.61. The van der Waals surface area contributed by atoms with Crippen LogP contribution in [0.5, 0.6) is 0 Å². The first-order valence-corrected chi connectivity index (χ1v) is 10.4. The zero-order valence-corrected chi connectivity index (χ0v) is 16.6. The lowest BCUT2D eigenvalue weighted by molar-refractivity contribution is -0.0586. The number of nitrogens with zero attached hydrogens (tertiary/aromatic N) is 1. The third-order valence-electron chi connectivity index (χ3n) is 4.22. The highest BCUT2D eigenvalue weighted by molar-refractivity contribution is 7.92. The molecule has 2 aromatic rings. The van der Waals surface area contributed by atoms with Gasteiger partial charge in [-0.15, -0.1) is 0 Å². The summed E-state index contributed by atoms with van der Waals surface area (Å²) in [6, 6.07) is 12.6. The Labute approximate surface area is 164 Å². The summed E-state index contributed by atoms with van der Waals surface area (Å²) in [5, 5.41) is 0.296. The van der Waals surface area contributed by atoms with E-state index in [9.17, 15) is 13.2 Å². The van der Waals surface area contributed by atoms with Crippen molar-refractivity contribution in [2.75, 3.05) is 17.8 Å². The zero-order chi connectivity index (χ0) is 19.6. The number of para-hydroxylation sites is 1. The Morgan fingerprint density at radius 3 is 2.44 bits per heavy atom. The van der Waals surface area contributed by atoms with Crippen LogP contribution in [0.25, 0.3) is 0 Å². The molecule has 0 aliphatic carbocycles. The Hall–Kier alpha value is -2.09. The molecule has 0 radical (unpaired) electrons. The molecule has 8 heteroatoms. The van der Waals surface area contributed by atoms with Crippen LogP contribution in [0, 0.1) is 0 Å². The second-order valence-electron chi connectivity index (χ2n) is 6.58. The van der Waals surface area contributed by atoms with Crippen molar-refractivity contribution in [3.63, 3.8) is 0 Å². The molecule has 2 aromatic carbocycles. The van der Waals surface area contributed by atoms with E-state index in [1.165, 1.54) is 12.1 Å². The van der Waals surface area contributed by atoms with Gasteiger partial charge in [0.2, 0.25) is 0 Å². The summed E-state index contributed by atoms with van der Waals surface area (Å²) in [4.78, 5) is 14.5. The van der Waals surface area contributed by atoms with Gasteiger partial charge >= 0.3 is 0 Å². The summed E-state index contributed by atoms with van der Waals surface area (Å²) in [6.07, 6.45) is -0.127. The molecule has 6 nitrogen and oxygen atoms in total. The standard InChI is InChI=1S/C19H21ClN2O4S/c1-13-11-22(12-14(2)26-13)19(23)15-6-5-7-16(10-15)27(24,25)21-18-9-4-3-8-17(18)20/h3-10,13-14,21H,11-12H2,1-2H3/t13-,14-/m1/s1. The highest BCUT2D eigenvalue weighted by Gasteiger charge is 2.27. The molecule has 1 amide bonds. The van der Waals surface area contributed by atoms with Crippen LogP contribution in [-0.4, -0.2) is 44.5 Å². The predicted octanol–water partition coefficient (Wildman–Crippen LogP) is 3.39. The Bertz CT molecular complexity index is 938. The fraction of sp³-hybridized carbons (Fsp3) is 0.316. The third-order valence-corrected chi connectivity index (χ3v) is 5.91. The van der Waals surface area contributed by atoms with Crippen molar-refractivity contribution >= 4 is 33.2 Å².